The highest BCUT2D eigenvalue weighted by Crippen LogP contribution is 2.69. The first-order chi connectivity index (χ1) is 10.4. The monoisotopic (exact) mass is 295 g/mol. The van der Waals surface area contributed by atoms with Crippen molar-refractivity contribution in [3.8, 4) is 0 Å². The minimum Gasteiger partial charge on any atom is -0.368 e. The maximum atomic E-state index is 2.57. The molecule has 3 aliphatic rings. The van der Waals surface area contributed by atoms with E-state index in [2.05, 4.69) is 63.9 Å². The fourth-order valence-corrected chi connectivity index (χ4v) is 6.05. The van der Waals surface area contributed by atoms with Gasteiger partial charge in [0, 0.05) is 12.7 Å². The number of para-hydroxylation sites is 1. The molecule has 1 heterocycles. The summed E-state index contributed by atoms with van der Waals surface area (Å²) in [5.74, 6) is 0.804. The second-order valence-corrected chi connectivity index (χ2v) is 8.54. The number of likely N-dealkylation sites (N-methyl/N-ethyl adjacent to an activating group) is 1. The van der Waals surface area contributed by atoms with Gasteiger partial charge in [-0.05, 0) is 66.6 Å². The maximum Gasteiger partial charge on any atom is 0.0510 e. The lowest BCUT2D eigenvalue weighted by Crippen LogP contribution is -2.43. The lowest BCUT2D eigenvalue weighted by atomic mass is 9.65. The summed E-state index contributed by atoms with van der Waals surface area (Å²) in [5.41, 5.74) is 7.30. The van der Waals surface area contributed by atoms with E-state index in [0.29, 0.717) is 16.9 Å². The second kappa shape index (κ2) is 4.40. The van der Waals surface area contributed by atoms with Gasteiger partial charge < -0.3 is 4.90 Å². The molecule has 1 aliphatic heterocycles. The van der Waals surface area contributed by atoms with Crippen molar-refractivity contribution in [3.05, 3.63) is 41.0 Å². The first-order valence-corrected chi connectivity index (χ1v) is 8.90. The Morgan fingerprint density at radius 3 is 2.50 bits per heavy atom. The van der Waals surface area contributed by atoms with Crippen molar-refractivity contribution in [2.24, 2.45) is 16.7 Å². The molecule has 1 aromatic rings. The highest BCUT2D eigenvalue weighted by molar-refractivity contribution is 5.59. The molecule has 1 fully saturated rings. The number of fused-ring (bicyclic) bond motifs is 3. The summed E-state index contributed by atoms with van der Waals surface area (Å²) in [6, 6.07) is 9.57. The van der Waals surface area contributed by atoms with Crippen LogP contribution in [0.25, 0.3) is 0 Å². The van der Waals surface area contributed by atoms with Gasteiger partial charge >= 0.3 is 0 Å². The average molecular weight is 295 g/mol. The first-order valence-electron chi connectivity index (χ1n) is 8.90. The highest BCUT2D eigenvalue weighted by atomic mass is 15.1. The Kier molecular flexibility index (Phi) is 2.87. The Hall–Kier alpha value is -1.24. The normalized spacial score (nSPS) is 36.0. The number of aryl methyl sites for hydroxylation is 1. The zero-order chi connectivity index (χ0) is 15.7. The van der Waals surface area contributed by atoms with E-state index < -0.39 is 0 Å². The predicted octanol–water partition coefficient (Wildman–Crippen LogP) is 5.21. The van der Waals surface area contributed by atoms with Crippen LogP contribution in [-0.2, 0) is 6.42 Å². The molecule has 2 bridgehead atoms. The van der Waals surface area contributed by atoms with Crippen molar-refractivity contribution in [1.82, 2.24) is 0 Å². The van der Waals surface area contributed by atoms with E-state index in [1.807, 2.05) is 0 Å². The summed E-state index contributed by atoms with van der Waals surface area (Å²) >= 11 is 0. The first kappa shape index (κ1) is 14.4. The predicted molar refractivity (Wildman–Crippen MR) is 94.3 cm³/mol. The van der Waals surface area contributed by atoms with Crippen LogP contribution in [-0.4, -0.2) is 13.1 Å². The molecule has 1 unspecified atom stereocenters. The maximum absolute atomic E-state index is 2.57. The molecule has 4 rings (SSSR count). The molecule has 0 saturated heterocycles. The van der Waals surface area contributed by atoms with Gasteiger partial charge in [-0.25, -0.2) is 0 Å². The van der Waals surface area contributed by atoms with Crippen LogP contribution in [0.5, 0.6) is 0 Å². The van der Waals surface area contributed by atoms with Gasteiger partial charge in [-0.3, -0.25) is 0 Å². The number of rotatable bonds is 1. The number of allylic oxidation sites excluding steroid dienone is 1. The standard InChI is InChI=1S/C21H29N/c1-14-16-12-13-21(4,20(16,2)3)19(14)18-11-10-15-8-6-7-9-17(15)22(18)5/h6-9,16,18H,10-13H2,1-5H3/t16-,18?,21+/m1/s1. The van der Waals surface area contributed by atoms with Crippen molar-refractivity contribution in [2.75, 3.05) is 11.9 Å². The molecule has 1 saturated carbocycles. The topological polar surface area (TPSA) is 3.24 Å². The largest absolute Gasteiger partial charge is 0.368 e. The Bertz CT molecular complexity index is 654. The van der Waals surface area contributed by atoms with E-state index in [1.54, 1.807) is 11.1 Å². The fraction of sp³-hybridized carbons (Fsp3) is 0.619. The molecular formula is C21H29N. The van der Waals surface area contributed by atoms with Crippen LogP contribution in [0.3, 0.4) is 0 Å². The summed E-state index contributed by atoms with van der Waals surface area (Å²) < 4.78 is 0. The molecule has 0 radical (unpaired) electrons. The van der Waals surface area contributed by atoms with E-state index in [9.17, 15) is 0 Å². The van der Waals surface area contributed by atoms with Crippen molar-refractivity contribution < 1.29 is 0 Å². The molecule has 2 aliphatic carbocycles. The zero-order valence-corrected chi connectivity index (χ0v) is 14.7. The van der Waals surface area contributed by atoms with Crippen LogP contribution in [0.1, 0.15) is 52.5 Å². The van der Waals surface area contributed by atoms with Crippen LogP contribution in [0.4, 0.5) is 5.69 Å². The van der Waals surface area contributed by atoms with Crippen molar-refractivity contribution >= 4 is 5.69 Å². The number of nitrogens with zero attached hydrogens (tertiary/aromatic N) is 1. The zero-order valence-electron chi connectivity index (χ0n) is 14.7. The Labute approximate surface area is 135 Å². The number of benzene rings is 1. The van der Waals surface area contributed by atoms with Gasteiger partial charge in [0.1, 0.15) is 0 Å². The summed E-state index contributed by atoms with van der Waals surface area (Å²) in [6.45, 7) is 10.0. The van der Waals surface area contributed by atoms with Crippen molar-refractivity contribution in [2.45, 2.75) is 59.4 Å². The smallest absolute Gasteiger partial charge is 0.0510 e. The van der Waals surface area contributed by atoms with Gasteiger partial charge in [-0.2, -0.15) is 0 Å². The fourth-order valence-electron chi connectivity index (χ4n) is 6.05. The molecule has 0 aromatic heterocycles. The quantitative estimate of drug-likeness (QED) is 0.643. The second-order valence-electron chi connectivity index (χ2n) is 8.54. The van der Waals surface area contributed by atoms with Crippen LogP contribution in [0.2, 0.25) is 0 Å². The molecule has 1 aromatic carbocycles. The van der Waals surface area contributed by atoms with Gasteiger partial charge in [0.2, 0.25) is 0 Å². The lowest BCUT2D eigenvalue weighted by Gasteiger charge is -2.45. The Balaban J connectivity index is 1.78. The molecule has 0 N–H and O–H groups in total. The van der Waals surface area contributed by atoms with Crippen LogP contribution in [0, 0.1) is 16.7 Å². The van der Waals surface area contributed by atoms with E-state index in [0.717, 1.165) is 5.92 Å². The van der Waals surface area contributed by atoms with Gasteiger partial charge in [0.15, 0.2) is 0 Å². The SMILES string of the molecule is CC1=C(C2CCc3ccccc3N2C)[C@]2(C)CC[C@H]1C2(C)C. The van der Waals surface area contributed by atoms with Crippen LogP contribution < -0.4 is 4.90 Å². The molecular weight excluding hydrogens is 266 g/mol. The molecule has 1 nitrogen and oxygen atoms in total. The molecule has 3 atom stereocenters. The van der Waals surface area contributed by atoms with E-state index in [-0.39, 0.29) is 0 Å². The van der Waals surface area contributed by atoms with E-state index >= 15 is 0 Å². The summed E-state index contributed by atoms with van der Waals surface area (Å²) in [7, 11) is 2.31. The van der Waals surface area contributed by atoms with Gasteiger partial charge in [0.05, 0.1) is 6.04 Å². The van der Waals surface area contributed by atoms with Crippen LogP contribution in [0.15, 0.2) is 35.4 Å². The van der Waals surface area contributed by atoms with Crippen molar-refractivity contribution in [3.63, 3.8) is 0 Å². The number of hydrogen-bond acceptors (Lipinski definition) is 1. The summed E-state index contributed by atoms with van der Waals surface area (Å²) in [4.78, 5) is 2.57. The molecule has 0 spiro atoms. The van der Waals surface area contributed by atoms with Gasteiger partial charge in [0.25, 0.3) is 0 Å². The third-order valence-electron chi connectivity index (χ3n) is 7.63. The minimum absolute atomic E-state index is 0.396. The number of anilines is 1. The minimum atomic E-state index is 0.396. The summed E-state index contributed by atoms with van der Waals surface area (Å²) in [5, 5.41) is 0. The third kappa shape index (κ3) is 1.55. The highest BCUT2D eigenvalue weighted by Gasteiger charge is 2.61. The number of hydrogen-bond donors (Lipinski definition) is 0. The van der Waals surface area contributed by atoms with Crippen molar-refractivity contribution in [1.29, 1.82) is 0 Å². The molecule has 0 amide bonds. The van der Waals surface area contributed by atoms with Gasteiger partial charge in [-0.15, -0.1) is 0 Å². The lowest BCUT2D eigenvalue weighted by molar-refractivity contribution is 0.162. The molecule has 1 heteroatoms. The average Bonchev–Trinajstić information content (AvgIpc) is 2.80. The van der Waals surface area contributed by atoms with E-state index in [1.165, 1.54) is 36.9 Å². The Morgan fingerprint density at radius 1 is 1.09 bits per heavy atom. The molecule has 118 valence electrons. The van der Waals surface area contributed by atoms with E-state index in [4.69, 9.17) is 0 Å². The van der Waals surface area contributed by atoms with Crippen LogP contribution >= 0.6 is 0 Å². The third-order valence-corrected chi connectivity index (χ3v) is 7.63. The molecule has 22 heavy (non-hydrogen) atoms. The summed E-state index contributed by atoms with van der Waals surface area (Å²) in [6.07, 6.45) is 5.27. The Morgan fingerprint density at radius 2 is 1.82 bits per heavy atom. The van der Waals surface area contributed by atoms with Gasteiger partial charge in [-0.1, -0.05) is 44.5 Å².